The van der Waals surface area contributed by atoms with Crippen LogP contribution in [0.1, 0.15) is 25.6 Å². The zero-order valence-electron chi connectivity index (χ0n) is 15.3. The fraction of sp³-hybridized carbons (Fsp3) is 0.238. The summed E-state index contributed by atoms with van der Waals surface area (Å²) >= 11 is 7.48. The zero-order valence-corrected chi connectivity index (χ0v) is 16.9. The first-order valence-electron chi connectivity index (χ1n) is 9.01. The van der Waals surface area contributed by atoms with Crippen LogP contribution in [0.4, 0.5) is 5.69 Å². The summed E-state index contributed by atoms with van der Waals surface area (Å²) in [4.78, 5) is 29.2. The van der Waals surface area contributed by atoms with Crippen molar-refractivity contribution in [3.63, 3.8) is 0 Å². The predicted molar refractivity (Wildman–Crippen MR) is 113 cm³/mol. The molecule has 1 amide bonds. The summed E-state index contributed by atoms with van der Waals surface area (Å²) in [5, 5.41) is 11.0. The maximum atomic E-state index is 13.1. The number of piperazine rings is 1. The van der Waals surface area contributed by atoms with Gasteiger partial charge in [0.2, 0.25) is 0 Å². The van der Waals surface area contributed by atoms with E-state index in [1.165, 1.54) is 11.3 Å². The number of aromatic carboxylic acids is 1. The predicted octanol–water partition coefficient (Wildman–Crippen LogP) is 4.52. The number of carbonyl (C=O) groups is 2. The molecule has 1 N–H and O–H groups in total. The number of carboxylic acid groups (broad SMARTS) is 1. The summed E-state index contributed by atoms with van der Waals surface area (Å²) in [5.41, 5.74) is 2.22. The Balaban J connectivity index is 1.56. The minimum Gasteiger partial charge on any atom is -0.478 e. The average Bonchev–Trinajstić information content (AvgIpc) is 3.09. The lowest BCUT2D eigenvalue weighted by atomic mass is 10.1. The molecule has 1 aliphatic heterocycles. The number of benzene rings is 2. The van der Waals surface area contributed by atoms with E-state index < -0.39 is 5.97 Å². The Bertz CT molecular complexity index is 1070. The molecule has 1 fully saturated rings. The third-order valence-electron chi connectivity index (χ3n) is 5.15. The summed E-state index contributed by atoms with van der Waals surface area (Å²) in [7, 11) is 0. The number of amides is 1. The minimum atomic E-state index is -1.06. The van der Waals surface area contributed by atoms with Crippen molar-refractivity contribution in [1.82, 2.24) is 4.90 Å². The van der Waals surface area contributed by atoms with E-state index in [2.05, 4.69) is 4.90 Å². The normalized spacial score (nSPS) is 14.5. The van der Waals surface area contributed by atoms with E-state index in [-0.39, 0.29) is 11.5 Å². The van der Waals surface area contributed by atoms with Crippen molar-refractivity contribution in [1.29, 1.82) is 0 Å². The van der Waals surface area contributed by atoms with E-state index in [0.29, 0.717) is 36.4 Å². The fourth-order valence-electron chi connectivity index (χ4n) is 3.64. The van der Waals surface area contributed by atoms with Gasteiger partial charge in [-0.1, -0.05) is 35.9 Å². The number of carboxylic acids is 1. The summed E-state index contributed by atoms with van der Waals surface area (Å²) in [6.07, 6.45) is 0. The van der Waals surface area contributed by atoms with Crippen molar-refractivity contribution in [2.45, 2.75) is 6.92 Å². The van der Waals surface area contributed by atoms with Crippen LogP contribution in [0.2, 0.25) is 5.02 Å². The highest BCUT2D eigenvalue weighted by molar-refractivity contribution is 7.21. The largest absolute Gasteiger partial charge is 0.478 e. The van der Waals surface area contributed by atoms with Gasteiger partial charge in [0.15, 0.2) is 0 Å². The van der Waals surface area contributed by atoms with Crippen LogP contribution in [0.15, 0.2) is 42.5 Å². The van der Waals surface area contributed by atoms with Crippen molar-refractivity contribution in [2.24, 2.45) is 0 Å². The molecule has 1 saturated heterocycles. The summed E-state index contributed by atoms with van der Waals surface area (Å²) < 4.78 is 0.816. The van der Waals surface area contributed by atoms with Crippen molar-refractivity contribution < 1.29 is 14.7 Å². The number of hydrogen-bond acceptors (Lipinski definition) is 4. The lowest BCUT2D eigenvalue weighted by Gasteiger charge is -2.36. The number of anilines is 1. The number of hydrogen-bond donors (Lipinski definition) is 1. The highest BCUT2D eigenvalue weighted by Gasteiger charge is 2.29. The molecule has 0 aliphatic carbocycles. The Morgan fingerprint density at radius 1 is 1.04 bits per heavy atom. The van der Waals surface area contributed by atoms with E-state index in [0.717, 1.165) is 21.0 Å². The van der Waals surface area contributed by atoms with Crippen LogP contribution >= 0.6 is 22.9 Å². The first kappa shape index (κ1) is 18.8. The number of thiophene rings is 1. The van der Waals surface area contributed by atoms with Crippen molar-refractivity contribution in [3.05, 3.63) is 63.5 Å². The van der Waals surface area contributed by atoms with Gasteiger partial charge in [0.1, 0.15) is 4.88 Å². The molecular formula is C21H19ClN2O3S. The van der Waals surface area contributed by atoms with Gasteiger partial charge in [-0.3, -0.25) is 4.79 Å². The number of halogens is 1. The molecule has 3 aromatic rings. The van der Waals surface area contributed by atoms with Gasteiger partial charge in [0.25, 0.3) is 5.91 Å². The van der Waals surface area contributed by atoms with Gasteiger partial charge in [-0.05, 0) is 30.7 Å². The Morgan fingerprint density at radius 2 is 1.75 bits per heavy atom. The fourth-order valence-corrected chi connectivity index (χ4v) is 4.97. The number of fused-ring (bicyclic) bond motifs is 1. The lowest BCUT2D eigenvalue weighted by Crippen LogP contribution is -2.49. The van der Waals surface area contributed by atoms with E-state index in [1.54, 1.807) is 17.0 Å². The number of carbonyl (C=O) groups excluding carboxylic acids is 1. The van der Waals surface area contributed by atoms with Gasteiger partial charge >= 0.3 is 5.97 Å². The Hall–Kier alpha value is -2.57. The third-order valence-corrected chi connectivity index (χ3v) is 6.72. The minimum absolute atomic E-state index is 0.110. The second-order valence-electron chi connectivity index (χ2n) is 6.77. The van der Waals surface area contributed by atoms with Gasteiger partial charge in [0.05, 0.1) is 5.56 Å². The monoisotopic (exact) mass is 414 g/mol. The van der Waals surface area contributed by atoms with Crippen LogP contribution in [0, 0.1) is 6.92 Å². The maximum Gasteiger partial charge on any atom is 0.338 e. The molecule has 0 radical (unpaired) electrons. The molecule has 2 aromatic carbocycles. The summed E-state index contributed by atoms with van der Waals surface area (Å²) in [6.45, 7) is 4.43. The molecule has 144 valence electrons. The molecule has 5 nitrogen and oxygen atoms in total. The van der Waals surface area contributed by atoms with E-state index in [4.69, 9.17) is 11.6 Å². The molecule has 0 spiro atoms. The second kappa shape index (κ2) is 7.45. The quantitative estimate of drug-likeness (QED) is 0.684. The highest BCUT2D eigenvalue weighted by Crippen LogP contribution is 2.33. The number of nitrogens with zero attached hydrogens (tertiary/aromatic N) is 2. The van der Waals surface area contributed by atoms with Gasteiger partial charge in [-0.2, -0.15) is 0 Å². The average molecular weight is 415 g/mol. The van der Waals surface area contributed by atoms with Gasteiger partial charge < -0.3 is 14.9 Å². The third kappa shape index (κ3) is 3.23. The van der Waals surface area contributed by atoms with Crippen LogP contribution in [0.5, 0.6) is 0 Å². The SMILES string of the molecule is Cc1c(Cl)cccc1N1CCN(C(=O)c2sc3ccccc3c2C(=O)O)CC1. The molecule has 0 atom stereocenters. The molecule has 1 aromatic heterocycles. The second-order valence-corrected chi connectivity index (χ2v) is 8.23. The Kier molecular flexibility index (Phi) is 5.00. The van der Waals surface area contributed by atoms with Gasteiger partial charge in [0, 0.05) is 47.0 Å². The van der Waals surface area contributed by atoms with Crippen LogP contribution < -0.4 is 4.90 Å². The van der Waals surface area contributed by atoms with Gasteiger partial charge in [-0.15, -0.1) is 11.3 Å². The summed E-state index contributed by atoms with van der Waals surface area (Å²) in [6, 6.07) is 13.1. The van der Waals surface area contributed by atoms with E-state index >= 15 is 0 Å². The van der Waals surface area contributed by atoms with Crippen molar-refractivity contribution in [2.75, 3.05) is 31.1 Å². The molecule has 7 heteroatoms. The molecule has 28 heavy (non-hydrogen) atoms. The van der Waals surface area contributed by atoms with Gasteiger partial charge in [-0.25, -0.2) is 4.79 Å². The van der Waals surface area contributed by atoms with Crippen molar-refractivity contribution >= 4 is 50.6 Å². The molecular weight excluding hydrogens is 396 g/mol. The molecule has 1 aliphatic rings. The topological polar surface area (TPSA) is 60.9 Å². The Labute approximate surface area is 171 Å². The van der Waals surface area contributed by atoms with Crippen LogP contribution in [-0.4, -0.2) is 48.1 Å². The highest BCUT2D eigenvalue weighted by atomic mass is 35.5. The molecule has 2 heterocycles. The maximum absolute atomic E-state index is 13.1. The summed E-state index contributed by atoms with van der Waals surface area (Å²) in [5.74, 6) is -1.27. The lowest BCUT2D eigenvalue weighted by molar-refractivity contribution is 0.0678. The molecule has 0 unspecified atom stereocenters. The van der Waals surface area contributed by atoms with Crippen LogP contribution in [-0.2, 0) is 0 Å². The van der Waals surface area contributed by atoms with Crippen LogP contribution in [0.25, 0.3) is 10.1 Å². The first-order valence-corrected chi connectivity index (χ1v) is 10.2. The van der Waals surface area contributed by atoms with Crippen LogP contribution in [0.3, 0.4) is 0 Å². The standard InChI is InChI=1S/C21H19ClN2O3S/c1-13-15(22)6-4-7-16(13)23-9-11-24(12-10-23)20(25)19-18(21(26)27)14-5-2-3-8-17(14)28-19/h2-8H,9-12H2,1H3,(H,26,27). The Morgan fingerprint density at radius 3 is 2.46 bits per heavy atom. The first-order chi connectivity index (χ1) is 13.5. The zero-order chi connectivity index (χ0) is 19.8. The number of rotatable bonds is 3. The smallest absolute Gasteiger partial charge is 0.338 e. The van der Waals surface area contributed by atoms with E-state index in [1.807, 2.05) is 37.3 Å². The molecule has 0 saturated carbocycles. The van der Waals surface area contributed by atoms with Crippen molar-refractivity contribution in [3.8, 4) is 0 Å². The molecule has 4 rings (SSSR count). The molecule has 0 bridgehead atoms. The van der Waals surface area contributed by atoms with E-state index in [9.17, 15) is 14.7 Å².